The Labute approximate surface area is 69.2 Å². The van der Waals surface area contributed by atoms with Gasteiger partial charge in [-0.05, 0) is 15.9 Å². The minimum Gasteiger partial charge on any atom is -0.323 e. The van der Waals surface area contributed by atoms with E-state index < -0.39 is 0 Å². The van der Waals surface area contributed by atoms with Gasteiger partial charge in [0.1, 0.15) is 10.9 Å². The van der Waals surface area contributed by atoms with E-state index in [1.807, 2.05) is 0 Å². The van der Waals surface area contributed by atoms with E-state index in [1.54, 1.807) is 10.6 Å². The Morgan fingerprint density at radius 1 is 1.64 bits per heavy atom. The minimum absolute atomic E-state index is 0.245. The molecule has 11 heavy (non-hydrogen) atoms. The highest BCUT2D eigenvalue weighted by Gasteiger charge is 2.01. The zero-order valence-electron chi connectivity index (χ0n) is 5.28. The fourth-order valence-corrected chi connectivity index (χ4v) is 1.18. The van der Waals surface area contributed by atoms with Crippen LogP contribution in [0.2, 0.25) is 0 Å². The normalized spacial score (nSPS) is 10.6. The van der Waals surface area contributed by atoms with Gasteiger partial charge >= 0.3 is 0 Å². The number of aromatic amines is 1. The first-order chi connectivity index (χ1) is 5.29. The predicted molar refractivity (Wildman–Crippen MR) is 41.3 cm³/mol. The van der Waals surface area contributed by atoms with Crippen molar-refractivity contribution >= 4 is 21.6 Å². The van der Waals surface area contributed by atoms with Gasteiger partial charge in [-0.15, -0.1) is 10.2 Å². The summed E-state index contributed by atoms with van der Waals surface area (Å²) in [6.45, 7) is 0. The van der Waals surface area contributed by atoms with Crippen LogP contribution >= 0.6 is 15.9 Å². The van der Waals surface area contributed by atoms with Crippen LogP contribution in [0.5, 0.6) is 0 Å². The van der Waals surface area contributed by atoms with E-state index in [0.29, 0.717) is 5.65 Å². The lowest BCUT2D eigenvalue weighted by molar-refractivity contribution is 1.05. The molecule has 5 nitrogen and oxygen atoms in total. The van der Waals surface area contributed by atoms with E-state index in [2.05, 4.69) is 31.1 Å². The third-order valence-corrected chi connectivity index (χ3v) is 1.91. The van der Waals surface area contributed by atoms with Crippen molar-refractivity contribution in [3.63, 3.8) is 0 Å². The van der Waals surface area contributed by atoms with E-state index >= 15 is 0 Å². The van der Waals surface area contributed by atoms with E-state index in [9.17, 15) is 4.79 Å². The van der Waals surface area contributed by atoms with E-state index in [1.165, 1.54) is 6.33 Å². The van der Waals surface area contributed by atoms with Crippen LogP contribution in [0, 0.1) is 0 Å². The van der Waals surface area contributed by atoms with Gasteiger partial charge in [0.05, 0.1) is 0 Å². The Balaban J connectivity index is 3.08. The van der Waals surface area contributed by atoms with Crippen LogP contribution in [0.4, 0.5) is 0 Å². The number of nitrogens with zero attached hydrogens (tertiary/aromatic N) is 3. The summed E-state index contributed by atoms with van der Waals surface area (Å²) in [5.74, 6) is 0. The summed E-state index contributed by atoms with van der Waals surface area (Å²) in [5, 5.41) is 7.20. The standard InChI is InChI=1S/C5H3BrN4O/c6-3-1-7-5(11)4-9-8-2-10(3)4/h1-2H,(H,7,11). The number of rotatable bonds is 0. The second kappa shape index (κ2) is 2.16. The number of nitrogens with one attached hydrogen (secondary N) is 1. The predicted octanol–water partition coefficient (Wildman–Crippen LogP) is 0.180. The molecule has 0 amide bonds. The van der Waals surface area contributed by atoms with E-state index in [4.69, 9.17) is 0 Å². The summed E-state index contributed by atoms with van der Waals surface area (Å²) in [6.07, 6.45) is 3.01. The molecule has 2 aromatic heterocycles. The third-order valence-electron chi connectivity index (χ3n) is 1.30. The molecule has 0 spiro atoms. The fourth-order valence-electron chi connectivity index (χ4n) is 0.805. The van der Waals surface area contributed by atoms with Crippen molar-refractivity contribution in [1.82, 2.24) is 19.6 Å². The first kappa shape index (κ1) is 6.53. The molecule has 2 rings (SSSR count). The van der Waals surface area contributed by atoms with Gasteiger partial charge in [0.2, 0.25) is 5.65 Å². The lowest BCUT2D eigenvalue weighted by Gasteiger charge is -1.92. The maximum Gasteiger partial charge on any atom is 0.293 e. The van der Waals surface area contributed by atoms with Gasteiger partial charge in [0, 0.05) is 6.20 Å². The third kappa shape index (κ3) is 0.864. The molecule has 0 bridgehead atoms. The second-order valence-electron chi connectivity index (χ2n) is 1.97. The molecule has 0 aliphatic carbocycles. The summed E-state index contributed by atoms with van der Waals surface area (Å²) >= 11 is 3.22. The first-order valence-corrected chi connectivity index (χ1v) is 3.65. The zero-order valence-corrected chi connectivity index (χ0v) is 6.87. The quantitative estimate of drug-likeness (QED) is 0.681. The fraction of sp³-hybridized carbons (Fsp3) is 0. The highest BCUT2D eigenvalue weighted by atomic mass is 79.9. The number of hydrogen-bond acceptors (Lipinski definition) is 3. The number of hydrogen-bond donors (Lipinski definition) is 1. The maximum atomic E-state index is 11.0. The Bertz CT molecular complexity index is 445. The molecule has 0 saturated heterocycles. The van der Waals surface area contributed by atoms with E-state index in [-0.39, 0.29) is 5.56 Å². The molecule has 0 fully saturated rings. The summed E-state index contributed by atoms with van der Waals surface area (Å²) in [5.41, 5.74) is 0.0464. The number of halogens is 1. The van der Waals surface area contributed by atoms with Crippen molar-refractivity contribution in [3.8, 4) is 0 Å². The summed E-state index contributed by atoms with van der Waals surface area (Å²) in [7, 11) is 0. The Kier molecular flexibility index (Phi) is 1.28. The van der Waals surface area contributed by atoms with E-state index in [0.717, 1.165) is 4.60 Å². The average molecular weight is 215 g/mol. The van der Waals surface area contributed by atoms with Crippen LogP contribution in [-0.4, -0.2) is 19.6 Å². The summed E-state index contributed by atoms with van der Waals surface area (Å²) in [6, 6.07) is 0. The smallest absolute Gasteiger partial charge is 0.293 e. The van der Waals surface area contributed by atoms with Crippen LogP contribution in [-0.2, 0) is 0 Å². The first-order valence-electron chi connectivity index (χ1n) is 2.86. The van der Waals surface area contributed by atoms with Gasteiger partial charge in [0.25, 0.3) is 5.56 Å². The van der Waals surface area contributed by atoms with Crippen LogP contribution in [0.1, 0.15) is 0 Å². The maximum absolute atomic E-state index is 11.0. The SMILES string of the molecule is O=c1[nH]cc(Br)n2cnnc12. The molecule has 0 radical (unpaired) electrons. The molecule has 56 valence electrons. The summed E-state index contributed by atoms with van der Waals surface area (Å²) < 4.78 is 2.27. The zero-order chi connectivity index (χ0) is 7.84. The highest BCUT2D eigenvalue weighted by molar-refractivity contribution is 9.10. The van der Waals surface area contributed by atoms with Gasteiger partial charge in [-0.25, -0.2) is 0 Å². The summed E-state index contributed by atoms with van der Waals surface area (Å²) in [4.78, 5) is 13.5. The largest absolute Gasteiger partial charge is 0.323 e. The van der Waals surface area contributed by atoms with Crippen LogP contribution in [0.3, 0.4) is 0 Å². The van der Waals surface area contributed by atoms with Gasteiger partial charge in [0.15, 0.2) is 0 Å². The molecule has 2 heterocycles. The molecule has 0 unspecified atom stereocenters. The molecule has 2 aromatic rings. The lowest BCUT2D eigenvalue weighted by atomic mass is 10.7. The van der Waals surface area contributed by atoms with Crippen molar-refractivity contribution in [2.45, 2.75) is 0 Å². The monoisotopic (exact) mass is 214 g/mol. The van der Waals surface area contributed by atoms with Crippen LogP contribution < -0.4 is 5.56 Å². The Morgan fingerprint density at radius 3 is 3.18 bits per heavy atom. The molecular formula is C5H3BrN4O. The highest BCUT2D eigenvalue weighted by Crippen LogP contribution is 2.05. The molecule has 6 heteroatoms. The van der Waals surface area contributed by atoms with Crippen molar-refractivity contribution in [3.05, 3.63) is 27.5 Å². The topological polar surface area (TPSA) is 63.0 Å². The van der Waals surface area contributed by atoms with Crippen molar-refractivity contribution in [2.24, 2.45) is 0 Å². The lowest BCUT2D eigenvalue weighted by Crippen LogP contribution is -2.09. The number of H-pyrrole nitrogens is 1. The molecule has 0 aliphatic heterocycles. The molecule has 0 aliphatic rings. The molecule has 1 N–H and O–H groups in total. The molecule has 0 saturated carbocycles. The van der Waals surface area contributed by atoms with Gasteiger partial charge in [-0.3, -0.25) is 9.20 Å². The van der Waals surface area contributed by atoms with Crippen molar-refractivity contribution < 1.29 is 0 Å². The van der Waals surface area contributed by atoms with Gasteiger partial charge in [-0.1, -0.05) is 0 Å². The van der Waals surface area contributed by atoms with Gasteiger partial charge < -0.3 is 4.98 Å². The number of fused-ring (bicyclic) bond motifs is 1. The average Bonchev–Trinajstić information content (AvgIpc) is 2.45. The minimum atomic E-state index is -0.245. The Morgan fingerprint density at radius 2 is 2.45 bits per heavy atom. The van der Waals surface area contributed by atoms with Gasteiger partial charge in [-0.2, -0.15) is 0 Å². The molecule has 0 aromatic carbocycles. The van der Waals surface area contributed by atoms with Crippen LogP contribution in [0.15, 0.2) is 21.9 Å². The molecule has 0 atom stereocenters. The van der Waals surface area contributed by atoms with Crippen LogP contribution in [0.25, 0.3) is 5.65 Å². The van der Waals surface area contributed by atoms with Crippen molar-refractivity contribution in [1.29, 1.82) is 0 Å². The second-order valence-corrected chi connectivity index (χ2v) is 2.78. The Hall–Kier alpha value is -1.17. The van der Waals surface area contributed by atoms with Crippen molar-refractivity contribution in [2.75, 3.05) is 0 Å². The molecular weight excluding hydrogens is 212 g/mol. The number of aromatic nitrogens is 4.